The maximum absolute atomic E-state index is 13.6. The van der Waals surface area contributed by atoms with E-state index in [0.29, 0.717) is 42.4 Å². The molecule has 2 aromatic carbocycles. The van der Waals surface area contributed by atoms with E-state index in [0.717, 1.165) is 18.4 Å². The summed E-state index contributed by atoms with van der Waals surface area (Å²) >= 11 is 0. The van der Waals surface area contributed by atoms with Gasteiger partial charge in [0.2, 0.25) is 5.95 Å². The van der Waals surface area contributed by atoms with Gasteiger partial charge in [-0.05, 0) is 55.5 Å². The van der Waals surface area contributed by atoms with Crippen molar-refractivity contribution < 1.29 is 19.1 Å². The summed E-state index contributed by atoms with van der Waals surface area (Å²) in [7, 11) is 0. The fraction of sp³-hybridized carbons (Fsp3) is 0.310. The third-order valence-electron chi connectivity index (χ3n) is 7.07. The standard InChI is InChI=1S/C29H28N6O4/c1-2-39-27(37)23-17-31-28(32-18-23)33-14-12-21(13-15-33)19-34-25(22-6-4-3-5-7-22)26(36)35(29(34)38)24-10-8-20(16-30)9-11-24/h3-11,17-18,21,25H,2,12-15,19H2,1H3. The Balaban J connectivity index is 1.30. The van der Waals surface area contributed by atoms with Gasteiger partial charge < -0.3 is 14.5 Å². The van der Waals surface area contributed by atoms with Crippen molar-refractivity contribution in [2.75, 3.05) is 36.0 Å². The van der Waals surface area contributed by atoms with Gasteiger partial charge in [-0.2, -0.15) is 5.26 Å². The van der Waals surface area contributed by atoms with Gasteiger partial charge in [0.05, 0.1) is 29.5 Å². The Morgan fingerprint density at radius 2 is 1.69 bits per heavy atom. The topological polar surface area (TPSA) is 120 Å². The van der Waals surface area contributed by atoms with Crippen LogP contribution in [0.3, 0.4) is 0 Å². The van der Waals surface area contributed by atoms with E-state index in [4.69, 9.17) is 10.00 Å². The highest BCUT2D eigenvalue weighted by Gasteiger charge is 2.47. The molecule has 2 saturated heterocycles. The fourth-order valence-corrected chi connectivity index (χ4v) is 5.05. The number of anilines is 2. The molecule has 39 heavy (non-hydrogen) atoms. The predicted molar refractivity (Wildman–Crippen MR) is 143 cm³/mol. The minimum Gasteiger partial charge on any atom is -0.462 e. The molecule has 3 heterocycles. The van der Waals surface area contributed by atoms with E-state index in [1.807, 2.05) is 30.3 Å². The smallest absolute Gasteiger partial charge is 0.341 e. The normalized spacial score (nSPS) is 17.8. The molecule has 1 aromatic heterocycles. The quantitative estimate of drug-likeness (QED) is 0.337. The number of aromatic nitrogens is 2. The van der Waals surface area contributed by atoms with Gasteiger partial charge in [-0.3, -0.25) is 4.79 Å². The first-order valence-corrected chi connectivity index (χ1v) is 12.9. The molecule has 5 rings (SSSR count). The van der Waals surface area contributed by atoms with Crippen LogP contribution in [0.15, 0.2) is 67.0 Å². The lowest BCUT2D eigenvalue weighted by Gasteiger charge is -2.34. The largest absolute Gasteiger partial charge is 0.462 e. The van der Waals surface area contributed by atoms with Crippen LogP contribution in [0.1, 0.15) is 47.3 Å². The van der Waals surface area contributed by atoms with Gasteiger partial charge >= 0.3 is 12.0 Å². The summed E-state index contributed by atoms with van der Waals surface area (Å²) in [5, 5.41) is 9.12. The Bertz CT molecular complexity index is 1380. The number of rotatable bonds is 7. The van der Waals surface area contributed by atoms with Gasteiger partial charge in [0.25, 0.3) is 5.91 Å². The van der Waals surface area contributed by atoms with Crippen molar-refractivity contribution >= 4 is 29.5 Å². The van der Waals surface area contributed by atoms with Gasteiger partial charge in [0, 0.05) is 32.0 Å². The first kappa shape index (κ1) is 25.9. The molecule has 2 aliphatic rings. The molecule has 3 aromatic rings. The third-order valence-corrected chi connectivity index (χ3v) is 7.07. The highest BCUT2D eigenvalue weighted by molar-refractivity contribution is 6.21. The zero-order chi connectivity index (χ0) is 27.4. The Hall–Kier alpha value is -4.78. The number of piperidine rings is 1. The number of ether oxygens (including phenoxy) is 1. The number of imide groups is 1. The summed E-state index contributed by atoms with van der Waals surface area (Å²) in [6, 6.07) is 16.8. The second-order valence-electron chi connectivity index (χ2n) is 9.50. The van der Waals surface area contributed by atoms with Gasteiger partial charge in [-0.25, -0.2) is 24.5 Å². The molecule has 2 aliphatic heterocycles. The SMILES string of the molecule is CCOC(=O)c1cnc(N2CCC(CN3C(=O)N(c4ccc(C#N)cc4)C(=O)C3c3ccccc3)CC2)nc1. The summed E-state index contributed by atoms with van der Waals surface area (Å²) in [5.74, 6) is -0.0222. The predicted octanol–water partition coefficient (Wildman–Crippen LogP) is 3.95. The fourth-order valence-electron chi connectivity index (χ4n) is 5.05. The lowest BCUT2D eigenvalue weighted by molar-refractivity contribution is -0.120. The number of nitrogens with zero attached hydrogens (tertiary/aromatic N) is 6. The van der Waals surface area contributed by atoms with E-state index in [1.54, 1.807) is 36.1 Å². The van der Waals surface area contributed by atoms with E-state index in [1.165, 1.54) is 17.3 Å². The lowest BCUT2D eigenvalue weighted by atomic mass is 9.95. The molecule has 0 radical (unpaired) electrons. The summed E-state index contributed by atoms with van der Waals surface area (Å²) in [6.07, 6.45) is 4.53. The van der Waals surface area contributed by atoms with Crippen LogP contribution < -0.4 is 9.80 Å². The molecule has 10 heteroatoms. The highest BCUT2D eigenvalue weighted by Crippen LogP contribution is 2.36. The number of urea groups is 1. The minimum absolute atomic E-state index is 0.184. The number of hydrogen-bond donors (Lipinski definition) is 0. The molecule has 1 atom stereocenters. The van der Waals surface area contributed by atoms with Crippen LogP contribution in [0.5, 0.6) is 0 Å². The molecule has 0 aliphatic carbocycles. The van der Waals surface area contributed by atoms with Gasteiger partial charge in [0.15, 0.2) is 0 Å². The van der Waals surface area contributed by atoms with E-state index in [-0.39, 0.29) is 24.5 Å². The Morgan fingerprint density at radius 3 is 2.31 bits per heavy atom. The van der Waals surface area contributed by atoms with Crippen LogP contribution in [0, 0.1) is 17.2 Å². The zero-order valence-electron chi connectivity index (χ0n) is 21.6. The number of amides is 3. The summed E-state index contributed by atoms with van der Waals surface area (Å²) in [4.78, 5) is 52.8. The molecular formula is C29H28N6O4. The second-order valence-corrected chi connectivity index (χ2v) is 9.50. The molecule has 3 amide bonds. The maximum atomic E-state index is 13.6. The van der Waals surface area contributed by atoms with Crippen LogP contribution in [-0.4, -0.2) is 59.0 Å². The van der Waals surface area contributed by atoms with Crippen molar-refractivity contribution in [1.29, 1.82) is 5.26 Å². The summed E-state index contributed by atoms with van der Waals surface area (Å²) in [5.41, 5.74) is 1.98. The van der Waals surface area contributed by atoms with Crippen molar-refractivity contribution in [3.05, 3.63) is 83.7 Å². The number of carbonyl (C=O) groups excluding carboxylic acids is 3. The number of esters is 1. The van der Waals surface area contributed by atoms with E-state index >= 15 is 0 Å². The molecule has 0 saturated carbocycles. The van der Waals surface area contributed by atoms with Gasteiger partial charge in [0.1, 0.15) is 6.04 Å². The van der Waals surface area contributed by atoms with Crippen LogP contribution in [0.25, 0.3) is 0 Å². The maximum Gasteiger partial charge on any atom is 0.341 e. The Labute approximate surface area is 226 Å². The van der Waals surface area contributed by atoms with Crippen LogP contribution >= 0.6 is 0 Å². The second kappa shape index (κ2) is 11.3. The third kappa shape index (κ3) is 5.29. The monoisotopic (exact) mass is 524 g/mol. The average molecular weight is 525 g/mol. The Morgan fingerprint density at radius 1 is 1.03 bits per heavy atom. The molecule has 0 N–H and O–H groups in total. The van der Waals surface area contributed by atoms with Crippen LogP contribution in [-0.2, 0) is 9.53 Å². The molecule has 0 bridgehead atoms. The highest BCUT2D eigenvalue weighted by atomic mass is 16.5. The number of hydrogen-bond acceptors (Lipinski definition) is 8. The van der Waals surface area contributed by atoms with Crippen molar-refractivity contribution in [3.63, 3.8) is 0 Å². The van der Waals surface area contributed by atoms with Crippen molar-refractivity contribution in [3.8, 4) is 6.07 Å². The molecule has 1 unspecified atom stereocenters. The number of carbonyl (C=O) groups is 3. The van der Waals surface area contributed by atoms with E-state index < -0.39 is 12.0 Å². The van der Waals surface area contributed by atoms with E-state index in [2.05, 4.69) is 20.9 Å². The average Bonchev–Trinajstić information content (AvgIpc) is 3.22. The van der Waals surface area contributed by atoms with Gasteiger partial charge in [-0.1, -0.05) is 30.3 Å². The molecule has 0 spiro atoms. The van der Waals surface area contributed by atoms with Crippen LogP contribution in [0.2, 0.25) is 0 Å². The van der Waals surface area contributed by atoms with E-state index in [9.17, 15) is 14.4 Å². The first-order valence-electron chi connectivity index (χ1n) is 12.9. The minimum atomic E-state index is -0.717. The molecule has 10 nitrogen and oxygen atoms in total. The number of nitriles is 1. The first-order chi connectivity index (χ1) is 19.0. The van der Waals surface area contributed by atoms with Crippen molar-refractivity contribution in [2.45, 2.75) is 25.8 Å². The van der Waals surface area contributed by atoms with Crippen molar-refractivity contribution in [2.24, 2.45) is 5.92 Å². The van der Waals surface area contributed by atoms with Gasteiger partial charge in [-0.15, -0.1) is 0 Å². The van der Waals surface area contributed by atoms with Crippen molar-refractivity contribution in [1.82, 2.24) is 14.9 Å². The summed E-state index contributed by atoms with van der Waals surface area (Å²) in [6.45, 7) is 3.85. The lowest BCUT2D eigenvalue weighted by Crippen LogP contribution is -2.41. The molecular weight excluding hydrogens is 496 g/mol. The molecule has 198 valence electrons. The zero-order valence-corrected chi connectivity index (χ0v) is 21.6. The molecule has 2 fully saturated rings. The number of benzene rings is 2. The van der Waals surface area contributed by atoms with Crippen LogP contribution in [0.4, 0.5) is 16.4 Å². The summed E-state index contributed by atoms with van der Waals surface area (Å²) < 4.78 is 4.99. The Kier molecular flexibility index (Phi) is 7.50.